The molecule has 22 heavy (non-hydrogen) atoms. The summed E-state index contributed by atoms with van der Waals surface area (Å²) in [6, 6.07) is 10.1. The van der Waals surface area contributed by atoms with Gasteiger partial charge in [-0.15, -0.1) is 0 Å². The summed E-state index contributed by atoms with van der Waals surface area (Å²) in [6.07, 6.45) is 1.70. The van der Waals surface area contributed by atoms with Crippen molar-refractivity contribution in [2.75, 3.05) is 7.11 Å². The number of carbonyl (C=O) groups is 1. The summed E-state index contributed by atoms with van der Waals surface area (Å²) in [7, 11) is 3.39. The molecule has 0 aliphatic rings. The number of halogens is 1. The molecule has 5 nitrogen and oxygen atoms in total. The Bertz CT molecular complexity index is 858. The molecule has 3 rings (SSSR count). The molecular weight excluding hydrogens is 304 g/mol. The van der Waals surface area contributed by atoms with Gasteiger partial charge in [0.2, 0.25) is 0 Å². The second-order valence-electron chi connectivity index (χ2n) is 4.74. The average Bonchev–Trinajstić information content (AvgIpc) is 2.88. The van der Waals surface area contributed by atoms with Crippen LogP contribution in [0.3, 0.4) is 0 Å². The van der Waals surface area contributed by atoms with Gasteiger partial charge in [-0.25, -0.2) is 9.78 Å². The lowest BCUT2D eigenvalue weighted by Crippen LogP contribution is -2.10. The van der Waals surface area contributed by atoms with Gasteiger partial charge in [0, 0.05) is 18.1 Å². The monoisotopic (exact) mass is 316 g/mol. The van der Waals surface area contributed by atoms with E-state index in [9.17, 15) is 4.79 Å². The van der Waals surface area contributed by atoms with Crippen LogP contribution < -0.4 is 9.47 Å². The number of aromatic nitrogens is 2. The van der Waals surface area contributed by atoms with Gasteiger partial charge in [0.1, 0.15) is 17.1 Å². The van der Waals surface area contributed by atoms with Crippen molar-refractivity contribution in [1.29, 1.82) is 0 Å². The lowest BCUT2D eigenvalue weighted by Gasteiger charge is -2.09. The zero-order valence-corrected chi connectivity index (χ0v) is 12.8. The number of methoxy groups -OCH3 is 1. The molecular formula is C16H13ClN2O3. The molecule has 0 saturated carbocycles. The van der Waals surface area contributed by atoms with Crippen LogP contribution >= 0.6 is 11.6 Å². The van der Waals surface area contributed by atoms with Gasteiger partial charge < -0.3 is 14.0 Å². The number of ether oxygens (including phenoxy) is 2. The molecule has 0 fully saturated rings. The fourth-order valence-corrected chi connectivity index (χ4v) is 2.35. The number of hydrogen-bond donors (Lipinski definition) is 0. The summed E-state index contributed by atoms with van der Waals surface area (Å²) in [5, 5.41) is 0.438. The standard InChI is InChI=1S/C16H13ClN2O3/c1-19-9-18-13-8-11(4-5-14(13)19)22-16(20)12-7-10(17)3-6-15(12)21-2/h3-9H,1-2H3. The van der Waals surface area contributed by atoms with E-state index in [-0.39, 0.29) is 5.56 Å². The van der Waals surface area contributed by atoms with Gasteiger partial charge in [0.25, 0.3) is 0 Å². The van der Waals surface area contributed by atoms with E-state index < -0.39 is 5.97 Å². The molecule has 6 heteroatoms. The van der Waals surface area contributed by atoms with E-state index in [0.29, 0.717) is 16.5 Å². The van der Waals surface area contributed by atoms with Crippen molar-refractivity contribution in [3.05, 3.63) is 53.3 Å². The first-order valence-corrected chi connectivity index (χ1v) is 6.93. The predicted octanol–water partition coefficient (Wildman–Crippen LogP) is 3.45. The van der Waals surface area contributed by atoms with Crippen molar-refractivity contribution < 1.29 is 14.3 Å². The summed E-state index contributed by atoms with van der Waals surface area (Å²) in [5.74, 6) is 0.293. The van der Waals surface area contributed by atoms with Crippen LogP contribution in [-0.2, 0) is 7.05 Å². The van der Waals surface area contributed by atoms with Crippen LogP contribution in [0.5, 0.6) is 11.5 Å². The van der Waals surface area contributed by atoms with Gasteiger partial charge in [0.05, 0.1) is 24.5 Å². The van der Waals surface area contributed by atoms with Crippen molar-refractivity contribution >= 4 is 28.6 Å². The van der Waals surface area contributed by atoms with Gasteiger partial charge in [-0.3, -0.25) is 0 Å². The molecule has 3 aromatic rings. The summed E-state index contributed by atoms with van der Waals surface area (Å²) in [6.45, 7) is 0. The Hall–Kier alpha value is -2.53. The number of benzene rings is 2. The molecule has 1 aromatic heterocycles. The van der Waals surface area contributed by atoms with E-state index in [1.807, 2.05) is 17.7 Å². The molecule has 1 heterocycles. The SMILES string of the molecule is COc1ccc(Cl)cc1C(=O)Oc1ccc2c(c1)ncn2C. The lowest BCUT2D eigenvalue weighted by atomic mass is 10.2. The predicted molar refractivity (Wildman–Crippen MR) is 83.7 cm³/mol. The Balaban J connectivity index is 1.91. The van der Waals surface area contributed by atoms with Crippen LogP contribution in [0, 0.1) is 0 Å². The Labute approximate surface area is 132 Å². The third kappa shape index (κ3) is 2.63. The minimum atomic E-state index is -0.533. The lowest BCUT2D eigenvalue weighted by molar-refractivity contribution is 0.0731. The zero-order chi connectivity index (χ0) is 15.7. The van der Waals surface area contributed by atoms with Crippen LogP contribution in [0.4, 0.5) is 0 Å². The van der Waals surface area contributed by atoms with Crippen molar-refractivity contribution in [2.24, 2.45) is 7.05 Å². The molecule has 0 spiro atoms. The van der Waals surface area contributed by atoms with Crippen LogP contribution in [-0.4, -0.2) is 22.6 Å². The number of aryl methyl sites for hydroxylation is 1. The maximum atomic E-state index is 12.3. The molecule has 0 bridgehead atoms. The van der Waals surface area contributed by atoms with E-state index >= 15 is 0 Å². The van der Waals surface area contributed by atoms with Gasteiger partial charge >= 0.3 is 5.97 Å². The average molecular weight is 317 g/mol. The molecule has 0 saturated heterocycles. The second-order valence-corrected chi connectivity index (χ2v) is 5.18. The first-order chi connectivity index (χ1) is 10.6. The van der Waals surface area contributed by atoms with E-state index in [2.05, 4.69) is 4.98 Å². The van der Waals surface area contributed by atoms with E-state index in [1.165, 1.54) is 13.2 Å². The Morgan fingerprint density at radius 3 is 2.82 bits per heavy atom. The van der Waals surface area contributed by atoms with Crippen molar-refractivity contribution in [1.82, 2.24) is 9.55 Å². The summed E-state index contributed by atoms with van der Waals surface area (Å²) >= 11 is 5.93. The number of nitrogens with zero attached hydrogens (tertiary/aromatic N) is 2. The highest BCUT2D eigenvalue weighted by Crippen LogP contribution is 2.25. The zero-order valence-electron chi connectivity index (χ0n) is 12.0. The Kier molecular flexibility index (Phi) is 3.73. The van der Waals surface area contributed by atoms with Crippen molar-refractivity contribution in [3.8, 4) is 11.5 Å². The highest BCUT2D eigenvalue weighted by atomic mass is 35.5. The fourth-order valence-electron chi connectivity index (χ4n) is 2.18. The molecule has 0 aliphatic heterocycles. The maximum Gasteiger partial charge on any atom is 0.347 e. The number of esters is 1. The van der Waals surface area contributed by atoms with Crippen LogP contribution in [0.15, 0.2) is 42.7 Å². The highest BCUT2D eigenvalue weighted by molar-refractivity contribution is 6.31. The largest absolute Gasteiger partial charge is 0.496 e. The smallest absolute Gasteiger partial charge is 0.347 e. The second kappa shape index (κ2) is 5.69. The highest BCUT2D eigenvalue weighted by Gasteiger charge is 2.16. The van der Waals surface area contributed by atoms with Gasteiger partial charge in [-0.05, 0) is 30.3 Å². The Morgan fingerprint density at radius 1 is 1.23 bits per heavy atom. The first kappa shape index (κ1) is 14.4. The van der Waals surface area contributed by atoms with Crippen LogP contribution in [0.1, 0.15) is 10.4 Å². The summed E-state index contributed by atoms with van der Waals surface area (Å²) in [5.41, 5.74) is 1.99. The molecule has 0 N–H and O–H groups in total. The quantitative estimate of drug-likeness (QED) is 0.548. The fraction of sp³-hybridized carbons (Fsp3) is 0.125. The van der Waals surface area contributed by atoms with E-state index in [0.717, 1.165) is 11.0 Å². The molecule has 0 radical (unpaired) electrons. The number of carbonyl (C=O) groups excluding carboxylic acids is 1. The summed E-state index contributed by atoms with van der Waals surface area (Å²) in [4.78, 5) is 16.5. The van der Waals surface area contributed by atoms with Crippen molar-refractivity contribution in [3.63, 3.8) is 0 Å². The normalized spacial score (nSPS) is 10.7. The molecule has 0 atom stereocenters. The summed E-state index contributed by atoms with van der Waals surface area (Å²) < 4.78 is 12.4. The molecule has 0 amide bonds. The topological polar surface area (TPSA) is 53.4 Å². The van der Waals surface area contributed by atoms with Crippen molar-refractivity contribution in [2.45, 2.75) is 0 Å². The maximum absolute atomic E-state index is 12.3. The number of rotatable bonds is 3. The molecule has 0 aliphatic carbocycles. The minimum absolute atomic E-state index is 0.274. The van der Waals surface area contributed by atoms with Crippen LogP contribution in [0.25, 0.3) is 11.0 Å². The number of hydrogen-bond acceptors (Lipinski definition) is 4. The Morgan fingerprint density at radius 2 is 2.05 bits per heavy atom. The third-order valence-corrected chi connectivity index (χ3v) is 3.52. The van der Waals surface area contributed by atoms with Gasteiger partial charge in [-0.1, -0.05) is 11.6 Å². The number of imidazole rings is 1. The third-order valence-electron chi connectivity index (χ3n) is 3.29. The minimum Gasteiger partial charge on any atom is -0.496 e. The van der Waals surface area contributed by atoms with E-state index in [4.69, 9.17) is 21.1 Å². The molecule has 0 unspecified atom stereocenters. The molecule has 2 aromatic carbocycles. The van der Waals surface area contributed by atoms with Gasteiger partial charge in [0.15, 0.2) is 0 Å². The molecule has 112 valence electrons. The first-order valence-electron chi connectivity index (χ1n) is 6.55. The van der Waals surface area contributed by atoms with E-state index in [1.54, 1.807) is 30.6 Å². The van der Waals surface area contributed by atoms with Crippen LogP contribution in [0.2, 0.25) is 5.02 Å². The van der Waals surface area contributed by atoms with Gasteiger partial charge in [-0.2, -0.15) is 0 Å². The number of fused-ring (bicyclic) bond motifs is 1.